The zero-order valence-electron chi connectivity index (χ0n) is 11.2. The van der Waals surface area contributed by atoms with Crippen LogP contribution in [0.3, 0.4) is 0 Å². The predicted molar refractivity (Wildman–Crippen MR) is 75.1 cm³/mol. The zero-order valence-corrected chi connectivity index (χ0v) is 12.0. The molecule has 0 aromatic carbocycles. The van der Waals surface area contributed by atoms with Crippen LogP contribution in [-0.4, -0.2) is 29.7 Å². The molecular formula is C14H18FNO3S. The normalized spacial score (nSPS) is 16.6. The molecule has 1 heterocycles. The molecule has 1 unspecified atom stereocenters. The summed E-state index contributed by atoms with van der Waals surface area (Å²) >= 11 is 1.40. The number of halogens is 1. The van der Waals surface area contributed by atoms with E-state index in [0.29, 0.717) is 4.88 Å². The molecular weight excluding hydrogens is 281 g/mol. The van der Waals surface area contributed by atoms with Gasteiger partial charge >= 0.3 is 5.97 Å². The second kappa shape index (κ2) is 6.83. The van der Waals surface area contributed by atoms with E-state index < -0.39 is 24.6 Å². The van der Waals surface area contributed by atoms with Crippen molar-refractivity contribution in [2.24, 2.45) is 0 Å². The number of nitrogens with one attached hydrogen (secondary N) is 1. The van der Waals surface area contributed by atoms with Crippen molar-refractivity contribution in [2.75, 3.05) is 6.67 Å². The number of aryl methyl sites for hydroxylation is 2. The molecule has 4 nitrogen and oxygen atoms in total. The van der Waals surface area contributed by atoms with Crippen LogP contribution in [0.5, 0.6) is 0 Å². The van der Waals surface area contributed by atoms with Gasteiger partial charge in [-0.2, -0.15) is 0 Å². The molecule has 20 heavy (non-hydrogen) atoms. The Labute approximate surface area is 121 Å². The number of hydrogen-bond donors (Lipinski definition) is 2. The number of aliphatic carboxylic acids is 1. The van der Waals surface area contributed by atoms with Crippen molar-refractivity contribution >= 4 is 23.2 Å². The summed E-state index contributed by atoms with van der Waals surface area (Å²) in [4.78, 5) is 24.4. The molecule has 0 bridgehead atoms. The molecule has 1 atom stereocenters. The van der Waals surface area contributed by atoms with Crippen LogP contribution in [0.4, 0.5) is 4.39 Å². The van der Waals surface area contributed by atoms with Gasteiger partial charge in [-0.3, -0.25) is 4.79 Å². The van der Waals surface area contributed by atoms with E-state index >= 15 is 0 Å². The van der Waals surface area contributed by atoms with Crippen molar-refractivity contribution in [3.8, 4) is 0 Å². The minimum absolute atomic E-state index is 0.483. The number of carbonyl (C=O) groups is 2. The third-order valence-corrected chi connectivity index (χ3v) is 4.71. The third kappa shape index (κ3) is 3.56. The van der Waals surface area contributed by atoms with Gasteiger partial charge in [0.15, 0.2) is 6.04 Å². The molecule has 1 amide bonds. The number of carboxylic acids is 1. The first kappa shape index (κ1) is 15.0. The van der Waals surface area contributed by atoms with E-state index in [9.17, 15) is 14.0 Å². The Morgan fingerprint density at radius 1 is 1.30 bits per heavy atom. The molecule has 2 rings (SSSR count). The Balaban J connectivity index is 2.10. The predicted octanol–water partition coefficient (Wildman–Crippen LogP) is 2.56. The second-order valence-electron chi connectivity index (χ2n) is 4.99. The lowest BCUT2D eigenvalue weighted by atomic mass is 10.00. The van der Waals surface area contributed by atoms with Gasteiger partial charge in [0.1, 0.15) is 6.67 Å². The smallest absolute Gasteiger partial charge is 0.328 e. The van der Waals surface area contributed by atoms with Gasteiger partial charge in [0, 0.05) is 4.88 Å². The molecule has 1 aliphatic carbocycles. The highest BCUT2D eigenvalue weighted by Crippen LogP contribution is 2.28. The number of alkyl halides is 1. The van der Waals surface area contributed by atoms with Crippen molar-refractivity contribution in [2.45, 2.75) is 44.6 Å². The Bertz CT molecular complexity index is 475. The standard InChI is InChI=1S/C14H18FNO3S/c15-8-10(14(18)19)16-13(17)12-7-9-5-3-1-2-4-6-11(9)20-12/h7,10H,1-6,8H2,(H,16,17)(H,18,19). The van der Waals surface area contributed by atoms with Crippen LogP contribution in [0.1, 0.15) is 45.8 Å². The van der Waals surface area contributed by atoms with E-state index in [1.807, 2.05) is 6.07 Å². The summed E-state index contributed by atoms with van der Waals surface area (Å²) in [6.07, 6.45) is 6.59. The van der Waals surface area contributed by atoms with Crippen molar-refractivity contribution in [1.29, 1.82) is 0 Å². The number of fused-ring (bicyclic) bond motifs is 1. The van der Waals surface area contributed by atoms with E-state index in [0.717, 1.165) is 25.7 Å². The van der Waals surface area contributed by atoms with E-state index in [1.165, 1.54) is 34.6 Å². The van der Waals surface area contributed by atoms with Crippen molar-refractivity contribution in [3.05, 3.63) is 21.4 Å². The number of amides is 1. The van der Waals surface area contributed by atoms with Crippen LogP contribution in [0.25, 0.3) is 0 Å². The number of rotatable bonds is 4. The minimum Gasteiger partial charge on any atom is -0.480 e. The Morgan fingerprint density at radius 2 is 2.00 bits per heavy atom. The number of hydrogen-bond acceptors (Lipinski definition) is 3. The second-order valence-corrected chi connectivity index (χ2v) is 6.13. The van der Waals surface area contributed by atoms with Gasteiger partial charge in [0.05, 0.1) is 4.88 Å². The fourth-order valence-corrected chi connectivity index (χ4v) is 3.51. The zero-order chi connectivity index (χ0) is 14.5. The summed E-state index contributed by atoms with van der Waals surface area (Å²) in [5, 5.41) is 11.0. The molecule has 6 heteroatoms. The summed E-state index contributed by atoms with van der Waals surface area (Å²) < 4.78 is 12.5. The van der Waals surface area contributed by atoms with Crippen LogP contribution in [-0.2, 0) is 17.6 Å². The van der Waals surface area contributed by atoms with E-state index in [-0.39, 0.29) is 0 Å². The lowest BCUT2D eigenvalue weighted by Crippen LogP contribution is -2.42. The van der Waals surface area contributed by atoms with Gasteiger partial charge in [0.2, 0.25) is 0 Å². The highest BCUT2D eigenvalue weighted by molar-refractivity contribution is 7.14. The van der Waals surface area contributed by atoms with E-state index in [4.69, 9.17) is 5.11 Å². The number of thiophene rings is 1. The van der Waals surface area contributed by atoms with E-state index in [1.54, 1.807) is 0 Å². The molecule has 0 saturated heterocycles. The maximum atomic E-state index is 12.5. The van der Waals surface area contributed by atoms with Crippen molar-refractivity contribution < 1.29 is 19.1 Å². The lowest BCUT2D eigenvalue weighted by Gasteiger charge is -2.09. The van der Waals surface area contributed by atoms with Crippen LogP contribution in [0.15, 0.2) is 6.07 Å². The monoisotopic (exact) mass is 299 g/mol. The van der Waals surface area contributed by atoms with E-state index in [2.05, 4.69) is 5.32 Å². The molecule has 2 N–H and O–H groups in total. The van der Waals surface area contributed by atoms with Crippen LogP contribution < -0.4 is 5.32 Å². The topological polar surface area (TPSA) is 66.4 Å². The first-order chi connectivity index (χ1) is 9.61. The Morgan fingerprint density at radius 3 is 2.65 bits per heavy atom. The largest absolute Gasteiger partial charge is 0.480 e. The molecule has 0 saturated carbocycles. The third-order valence-electron chi connectivity index (χ3n) is 3.48. The summed E-state index contributed by atoms with van der Waals surface area (Å²) in [6.45, 7) is -1.10. The van der Waals surface area contributed by atoms with Gasteiger partial charge in [-0.25, -0.2) is 9.18 Å². The van der Waals surface area contributed by atoms with Crippen LogP contribution in [0.2, 0.25) is 0 Å². The summed E-state index contributed by atoms with van der Waals surface area (Å²) in [5.74, 6) is -1.84. The van der Waals surface area contributed by atoms with Crippen LogP contribution in [0, 0.1) is 0 Å². The van der Waals surface area contributed by atoms with Gasteiger partial charge in [-0.15, -0.1) is 11.3 Å². The summed E-state index contributed by atoms with van der Waals surface area (Å²) in [5.41, 5.74) is 1.19. The molecule has 0 radical (unpaired) electrons. The minimum atomic E-state index is -1.47. The maximum absolute atomic E-state index is 12.5. The first-order valence-corrected chi connectivity index (χ1v) is 7.64. The summed E-state index contributed by atoms with van der Waals surface area (Å²) in [6, 6.07) is 0.366. The molecule has 110 valence electrons. The van der Waals surface area contributed by atoms with Crippen LogP contribution >= 0.6 is 11.3 Å². The fourth-order valence-electron chi connectivity index (χ4n) is 2.35. The number of carboxylic acid groups (broad SMARTS) is 1. The van der Waals surface area contributed by atoms with Gasteiger partial charge in [-0.1, -0.05) is 12.8 Å². The quantitative estimate of drug-likeness (QED) is 0.898. The SMILES string of the molecule is O=C(NC(CF)C(=O)O)c1cc2c(s1)CCCCCC2. The first-order valence-electron chi connectivity index (χ1n) is 6.83. The number of carbonyl (C=O) groups excluding carboxylic acids is 1. The molecule has 0 spiro atoms. The maximum Gasteiger partial charge on any atom is 0.328 e. The van der Waals surface area contributed by atoms with Gasteiger partial charge < -0.3 is 10.4 Å². The Kier molecular flexibility index (Phi) is 5.11. The van der Waals surface area contributed by atoms with Gasteiger partial charge in [-0.05, 0) is 37.3 Å². The fraction of sp³-hybridized carbons (Fsp3) is 0.571. The lowest BCUT2D eigenvalue weighted by molar-refractivity contribution is -0.139. The average molecular weight is 299 g/mol. The molecule has 1 aromatic heterocycles. The molecule has 0 fully saturated rings. The molecule has 1 aromatic rings. The summed E-state index contributed by atoms with van der Waals surface area (Å²) in [7, 11) is 0. The average Bonchev–Trinajstić information content (AvgIpc) is 2.78. The van der Waals surface area contributed by atoms with Gasteiger partial charge in [0.25, 0.3) is 5.91 Å². The molecule has 1 aliphatic rings. The highest BCUT2D eigenvalue weighted by atomic mass is 32.1. The molecule has 0 aliphatic heterocycles. The highest BCUT2D eigenvalue weighted by Gasteiger charge is 2.22. The Hall–Kier alpha value is -1.43. The van der Waals surface area contributed by atoms with Crippen molar-refractivity contribution in [3.63, 3.8) is 0 Å². The van der Waals surface area contributed by atoms with Crippen molar-refractivity contribution in [1.82, 2.24) is 5.32 Å².